The van der Waals surface area contributed by atoms with Crippen LogP contribution in [0.15, 0.2) is 21.9 Å². The number of carbonyl (C=O) groups excluding carboxylic acids is 1. The third-order valence-electron chi connectivity index (χ3n) is 6.42. The fourth-order valence-electron chi connectivity index (χ4n) is 4.55. The van der Waals surface area contributed by atoms with Crippen LogP contribution < -0.4 is 11.2 Å². The van der Waals surface area contributed by atoms with Gasteiger partial charge in [0.2, 0.25) is 0 Å². The number of fused-ring (bicyclic) bond motifs is 2. The Morgan fingerprint density at radius 1 is 1.28 bits per heavy atom. The summed E-state index contributed by atoms with van der Waals surface area (Å²) in [5, 5.41) is 0. The number of aryl methyl sites for hydroxylation is 1. The quantitative estimate of drug-likeness (QED) is 0.617. The first-order valence-electron chi connectivity index (χ1n) is 8.78. The van der Waals surface area contributed by atoms with Crippen LogP contribution in [0.3, 0.4) is 0 Å². The molecule has 4 rings (SSSR count). The highest BCUT2D eigenvalue weighted by atomic mass is 16.5. The molecule has 3 aliphatic rings. The molecule has 25 heavy (non-hydrogen) atoms. The molecule has 3 fully saturated rings. The molecule has 1 heterocycles. The molecule has 0 amide bonds. The third-order valence-corrected chi connectivity index (χ3v) is 6.42. The van der Waals surface area contributed by atoms with Crippen LogP contribution in [-0.4, -0.2) is 21.2 Å². The smallest absolute Gasteiger partial charge is 0.331 e. The van der Waals surface area contributed by atoms with E-state index in [4.69, 9.17) is 4.74 Å². The second-order valence-electron chi connectivity index (χ2n) is 8.11. The molecule has 4 unspecified atom stereocenters. The zero-order valence-electron chi connectivity index (χ0n) is 15.5. The monoisotopic (exact) mass is 346 g/mol. The summed E-state index contributed by atoms with van der Waals surface area (Å²) in [6.45, 7) is 6.76. The van der Waals surface area contributed by atoms with Crippen LogP contribution in [0.25, 0.3) is 6.08 Å². The summed E-state index contributed by atoms with van der Waals surface area (Å²) < 4.78 is 7.97. The molecule has 0 aromatic carbocycles. The predicted molar refractivity (Wildman–Crippen MR) is 95.0 cm³/mol. The van der Waals surface area contributed by atoms with Crippen molar-refractivity contribution in [1.29, 1.82) is 0 Å². The molecule has 4 atom stereocenters. The van der Waals surface area contributed by atoms with Gasteiger partial charge in [-0.05, 0) is 42.1 Å². The summed E-state index contributed by atoms with van der Waals surface area (Å²) in [5.74, 6) is 1.13. The maximum Gasteiger partial charge on any atom is 0.331 e. The number of aromatic nitrogens is 2. The highest BCUT2D eigenvalue weighted by molar-refractivity contribution is 5.87. The molecular formula is C19H26N2O4. The van der Waals surface area contributed by atoms with E-state index < -0.39 is 17.2 Å². The summed E-state index contributed by atoms with van der Waals surface area (Å²) in [7, 11) is 2.98. The molecule has 3 saturated carbocycles. The molecule has 0 N–H and O–H groups in total. The van der Waals surface area contributed by atoms with Gasteiger partial charge < -0.3 is 9.30 Å². The minimum Gasteiger partial charge on any atom is -0.459 e. The molecule has 6 nitrogen and oxygen atoms in total. The average molecular weight is 346 g/mol. The van der Waals surface area contributed by atoms with E-state index in [0.29, 0.717) is 23.2 Å². The first-order valence-corrected chi connectivity index (χ1v) is 8.78. The Bertz CT molecular complexity index is 846. The molecule has 0 spiro atoms. The van der Waals surface area contributed by atoms with E-state index in [1.165, 1.54) is 36.4 Å². The Labute approximate surface area is 147 Å². The lowest BCUT2D eigenvalue weighted by molar-refractivity contribution is -0.182. The lowest BCUT2D eigenvalue weighted by Crippen LogP contribution is -2.57. The Morgan fingerprint density at radius 3 is 2.56 bits per heavy atom. The van der Waals surface area contributed by atoms with Crippen LogP contribution >= 0.6 is 0 Å². The highest BCUT2D eigenvalue weighted by Gasteiger charge is 2.57. The number of carbonyl (C=O) groups is 1. The van der Waals surface area contributed by atoms with Gasteiger partial charge in [-0.15, -0.1) is 0 Å². The largest absolute Gasteiger partial charge is 0.459 e. The SMILES string of the molecule is CC1C(OC(=O)/C=C/c2cn(C)c(=O)n(C)c2=O)CC2CC1C2(C)C. The van der Waals surface area contributed by atoms with Crippen molar-refractivity contribution in [3.8, 4) is 0 Å². The molecule has 0 saturated heterocycles. The molecule has 1 aromatic heterocycles. The predicted octanol–water partition coefficient (Wildman–Crippen LogP) is 1.71. The van der Waals surface area contributed by atoms with Gasteiger partial charge in [0.25, 0.3) is 5.56 Å². The van der Waals surface area contributed by atoms with Crippen molar-refractivity contribution in [1.82, 2.24) is 9.13 Å². The Balaban J connectivity index is 1.69. The van der Waals surface area contributed by atoms with Crippen LogP contribution in [0.2, 0.25) is 0 Å². The number of esters is 1. The van der Waals surface area contributed by atoms with Crippen molar-refractivity contribution in [2.75, 3.05) is 0 Å². The molecule has 3 aliphatic carbocycles. The fraction of sp³-hybridized carbons (Fsp3) is 0.632. The second kappa shape index (κ2) is 6.00. The van der Waals surface area contributed by atoms with E-state index in [1.54, 1.807) is 7.05 Å². The lowest BCUT2D eigenvalue weighted by atomic mass is 9.45. The molecule has 2 bridgehead atoms. The van der Waals surface area contributed by atoms with Gasteiger partial charge in [-0.25, -0.2) is 9.59 Å². The number of hydrogen-bond acceptors (Lipinski definition) is 4. The van der Waals surface area contributed by atoms with Gasteiger partial charge in [-0.1, -0.05) is 20.8 Å². The Hall–Kier alpha value is -2.11. The van der Waals surface area contributed by atoms with Crippen molar-refractivity contribution >= 4 is 12.0 Å². The number of hydrogen-bond donors (Lipinski definition) is 0. The van der Waals surface area contributed by atoms with Crippen LogP contribution in [0.1, 0.15) is 39.2 Å². The molecular weight excluding hydrogens is 320 g/mol. The van der Waals surface area contributed by atoms with Crippen molar-refractivity contribution in [2.24, 2.45) is 37.3 Å². The normalized spacial score (nSPS) is 30.1. The van der Waals surface area contributed by atoms with Crippen molar-refractivity contribution in [2.45, 2.75) is 39.7 Å². The zero-order chi connectivity index (χ0) is 18.5. The standard InChI is InChI=1S/C19H26N2O4/c1-11-14-8-13(19(14,2)3)9-15(11)25-16(22)7-6-12-10-20(4)18(24)21(5)17(12)23/h6-7,10-11,13-15H,8-9H2,1-5H3/b7-6+. The summed E-state index contributed by atoms with van der Waals surface area (Å²) in [6.07, 6.45) is 6.20. The molecule has 136 valence electrons. The van der Waals surface area contributed by atoms with Gasteiger partial charge in [0.15, 0.2) is 0 Å². The van der Waals surface area contributed by atoms with Crippen LogP contribution in [0.4, 0.5) is 0 Å². The van der Waals surface area contributed by atoms with Gasteiger partial charge in [-0.2, -0.15) is 0 Å². The van der Waals surface area contributed by atoms with Gasteiger partial charge >= 0.3 is 11.7 Å². The number of nitrogens with zero attached hydrogens (tertiary/aromatic N) is 2. The van der Waals surface area contributed by atoms with E-state index in [2.05, 4.69) is 20.8 Å². The third kappa shape index (κ3) is 2.87. The van der Waals surface area contributed by atoms with Gasteiger partial charge in [0.1, 0.15) is 6.10 Å². The van der Waals surface area contributed by atoms with E-state index in [1.807, 2.05) is 0 Å². The summed E-state index contributed by atoms with van der Waals surface area (Å²) in [4.78, 5) is 35.9. The maximum absolute atomic E-state index is 12.2. The van der Waals surface area contributed by atoms with E-state index >= 15 is 0 Å². The first-order chi connectivity index (χ1) is 11.6. The maximum atomic E-state index is 12.2. The molecule has 0 aliphatic heterocycles. The summed E-state index contributed by atoms with van der Waals surface area (Å²) in [5.41, 5.74) is -0.204. The van der Waals surface area contributed by atoms with E-state index in [9.17, 15) is 14.4 Å². The second-order valence-corrected chi connectivity index (χ2v) is 8.11. The van der Waals surface area contributed by atoms with Crippen molar-refractivity contribution in [3.63, 3.8) is 0 Å². The molecule has 0 radical (unpaired) electrons. The highest BCUT2D eigenvalue weighted by Crippen LogP contribution is 2.61. The van der Waals surface area contributed by atoms with Gasteiger partial charge in [0, 0.05) is 26.4 Å². The molecule has 1 aromatic rings. The fourth-order valence-corrected chi connectivity index (χ4v) is 4.55. The minimum absolute atomic E-state index is 0.0584. The van der Waals surface area contributed by atoms with Gasteiger partial charge in [-0.3, -0.25) is 9.36 Å². The summed E-state index contributed by atoms with van der Waals surface area (Å²) in [6, 6.07) is 0. The minimum atomic E-state index is -0.438. The number of ether oxygens (including phenoxy) is 1. The van der Waals surface area contributed by atoms with E-state index in [-0.39, 0.29) is 11.7 Å². The van der Waals surface area contributed by atoms with Gasteiger partial charge in [0.05, 0.1) is 5.56 Å². The summed E-state index contributed by atoms with van der Waals surface area (Å²) >= 11 is 0. The Kier molecular flexibility index (Phi) is 4.25. The zero-order valence-corrected chi connectivity index (χ0v) is 15.5. The van der Waals surface area contributed by atoms with Crippen molar-refractivity contribution < 1.29 is 9.53 Å². The van der Waals surface area contributed by atoms with E-state index in [0.717, 1.165) is 11.0 Å². The number of rotatable bonds is 3. The average Bonchev–Trinajstić information content (AvgIpc) is 2.56. The lowest BCUT2D eigenvalue weighted by Gasteiger charge is -2.61. The van der Waals surface area contributed by atoms with Crippen molar-refractivity contribution in [3.05, 3.63) is 38.7 Å². The molecule has 6 heteroatoms. The van der Waals surface area contributed by atoms with Crippen LogP contribution in [0, 0.1) is 23.2 Å². The first kappa shape index (κ1) is 17.7. The topological polar surface area (TPSA) is 70.3 Å². The Morgan fingerprint density at radius 2 is 1.96 bits per heavy atom. The van der Waals surface area contributed by atoms with Crippen LogP contribution in [-0.2, 0) is 23.6 Å². The van der Waals surface area contributed by atoms with Crippen LogP contribution in [0.5, 0.6) is 0 Å².